The Hall–Kier alpha value is -5.12. The largest absolute Gasteiger partial charge is 3.00 e. The number of amides is 4. The van der Waals surface area contributed by atoms with Gasteiger partial charge in [-0.2, -0.15) is 0 Å². The van der Waals surface area contributed by atoms with Crippen LogP contribution in [0.25, 0.3) is 43.6 Å². The van der Waals surface area contributed by atoms with Gasteiger partial charge in [0.2, 0.25) is 11.8 Å². The van der Waals surface area contributed by atoms with Gasteiger partial charge in [0.25, 0.3) is 0 Å². The molecule has 0 aliphatic carbocycles. The van der Waals surface area contributed by atoms with Gasteiger partial charge in [-0.15, -0.1) is 0 Å². The van der Waals surface area contributed by atoms with Crippen LogP contribution in [0.1, 0.15) is 25.7 Å². The van der Waals surface area contributed by atoms with Crippen LogP contribution in [0.2, 0.25) is 0 Å². The second kappa shape index (κ2) is 19.0. The Morgan fingerprint density at radius 1 is 0.564 bits per heavy atom. The van der Waals surface area contributed by atoms with Gasteiger partial charge in [-0.3, -0.25) is 19.4 Å². The molecule has 14 nitrogen and oxygen atoms in total. The zero-order valence-electron chi connectivity index (χ0n) is 30.5. The molecule has 6 rings (SSSR count). The van der Waals surface area contributed by atoms with Crippen LogP contribution in [0.15, 0.2) is 84.9 Å². The zero-order chi connectivity index (χ0) is 38.2. The number of nitrogens with zero attached hydrogens (tertiary/aromatic N) is 4. The van der Waals surface area contributed by atoms with Crippen molar-refractivity contribution >= 4 is 90.4 Å². The van der Waals surface area contributed by atoms with Crippen LogP contribution in [0.5, 0.6) is 0 Å². The van der Waals surface area contributed by atoms with Crippen LogP contribution >= 0.6 is 0 Å². The molecule has 0 aliphatic heterocycles. The first-order chi connectivity index (χ1) is 26.1. The van der Waals surface area contributed by atoms with Gasteiger partial charge in [-0.1, -0.05) is 24.3 Å². The van der Waals surface area contributed by atoms with Crippen molar-refractivity contribution in [2.24, 2.45) is 0 Å². The van der Waals surface area contributed by atoms with Gasteiger partial charge in [-0.05, 0) is 73.5 Å². The zero-order valence-corrected chi connectivity index (χ0v) is 32.9. The molecule has 0 fully saturated rings. The minimum atomic E-state index is -0.536. The maximum Gasteiger partial charge on any atom is 3.00 e. The van der Waals surface area contributed by atoms with Crippen LogP contribution in [0.4, 0.5) is 32.3 Å². The molecule has 0 bridgehead atoms. The van der Waals surface area contributed by atoms with Crippen molar-refractivity contribution in [1.82, 2.24) is 20.6 Å². The van der Waals surface area contributed by atoms with Gasteiger partial charge in [0.15, 0.2) is 0 Å². The summed E-state index contributed by atoms with van der Waals surface area (Å²) >= 11 is 0. The van der Waals surface area contributed by atoms with Gasteiger partial charge in [0.1, 0.15) is 0 Å². The standard InChI is InChI=1S/C40H42N8O6.Eu/c1-53-39(51)47(31-11-7-27-19-25-5-9-29(41)21-33(25)45-35(27)23-31)17-3-15-43-37(49)13-14-38(50)44-16-4-18-48(40(52)54-2)32-12-8-28-20-26-6-10-30(42)22-34(26)46-36(28)24-32;/h5-12,19-24H,3-4,13-18,41-42H2,1-2H3,(H,43,49)(H,44,50);/q;+3. The van der Waals surface area contributed by atoms with Crippen molar-refractivity contribution in [3.63, 3.8) is 0 Å². The first-order valence-corrected chi connectivity index (χ1v) is 17.6. The van der Waals surface area contributed by atoms with E-state index in [0.717, 1.165) is 32.6 Å². The molecular formula is C40H42EuN8O6+3. The maximum atomic E-state index is 12.7. The van der Waals surface area contributed by atoms with Gasteiger partial charge in [0.05, 0.1) is 36.3 Å². The predicted octanol–water partition coefficient (Wildman–Crippen LogP) is 5.89. The number of carbonyl (C=O) groups is 4. The molecule has 6 aromatic rings. The van der Waals surface area contributed by atoms with E-state index in [4.69, 9.17) is 30.9 Å². The van der Waals surface area contributed by atoms with Crippen molar-refractivity contribution in [3.05, 3.63) is 84.9 Å². The molecule has 4 amide bonds. The molecule has 6 N–H and O–H groups in total. The molecule has 2 heterocycles. The third-order valence-electron chi connectivity index (χ3n) is 8.99. The van der Waals surface area contributed by atoms with E-state index in [1.54, 1.807) is 12.1 Å². The fraction of sp³-hybridized carbons (Fsp3) is 0.250. The summed E-state index contributed by atoms with van der Waals surface area (Å²) in [5.41, 5.74) is 17.2. The summed E-state index contributed by atoms with van der Waals surface area (Å²) in [4.78, 5) is 62.8. The number of aromatic nitrogens is 2. The van der Waals surface area contributed by atoms with Gasteiger partial charge in [0, 0.05) is 83.3 Å². The number of hydrogen-bond donors (Lipinski definition) is 4. The summed E-state index contributed by atoms with van der Waals surface area (Å²) in [7, 11) is 2.63. The van der Waals surface area contributed by atoms with E-state index in [0.29, 0.717) is 59.7 Å². The van der Waals surface area contributed by atoms with Crippen LogP contribution < -0.4 is 31.9 Å². The Labute approximate surface area is 358 Å². The Balaban J connectivity index is 0.00000580. The second-order valence-electron chi connectivity index (χ2n) is 12.8. The average molecular weight is 883 g/mol. The summed E-state index contributed by atoms with van der Waals surface area (Å²) in [6.07, 6.45) is -0.179. The third-order valence-corrected chi connectivity index (χ3v) is 8.99. The summed E-state index contributed by atoms with van der Waals surface area (Å²) in [5, 5.41) is 9.37. The van der Waals surface area contributed by atoms with Crippen molar-refractivity contribution in [3.8, 4) is 0 Å². The SMILES string of the molecule is COC(=O)N(CCCNC(=O)CCC(=O)NCCCN(C(=O)OC)c1ccc2cc3ccc(N)cc3nc2c1)c1ccc2cc3ccc(N)cc3nc2c1.[Eu+3]. The number of methoxy groups -OCH3 is 2. The molecule has 55 heavy (non-hydrogen) atoms. The molecule has 0 saturated heterocycles. The number of fused-ring (bicyclic) bond motifs is 4. The average Bonchev–Trinajstić information content (AvgIpc) is 3.17. The fourth-order valence-electron chi connectivity index (χ4n) is 6.20. The Kier molecular flexibility index (Phi) is 14.2. The van der Waals surface area contributed by atoms with Gasteiger partial charge < -0.3 is 31.6 Å². The number of nitrogen functional groups attached to an aromatic ring is 2. The van der Waals surface area contributed by atoms with Gasteiger partial charge >= 0.3 is 61.6 Å². The molecule has 282 valence electrons. The number of pyridine rings is 2. The molecule has 0 atom stereocenters. The Morgan fingerprint density at radius 2 is 0.927 bits per heavy atom. The monoisotopic (exact) mass is 883 g/mol. The van der Waals surface area contributed by atoms with Crippen molar-refractivity contribution in [2.75, 3.05) is 61.7 Å². The summed E-state index contributed by atoms with van der Waals surface area (Å²) < 4.78 is 10.0. The summed E-state index contributed by atoms with van der Waals surface area (Å²) in [6.45, 7) is 1.15. The molecule has 0 spiro atoms. The number of rotatable bonds is 13. The van der Waals surface area contributed by atoms with E-state index in [2.05, 4.69) is 10.6 Å². The fourth-order valence-corrected chi connectivity index (χ4v) is 6.20. The third kappa shape index (κ3) is 10.4. The van der Waals surface area contributed by atoms with Gasteiger partial charge in [-0.25, -0.2) is 19.6 Å². The number of ether oxygens (including phenoxy) is 2. The minimum Gasteiger partial charge on any atom is -0.452 e. The van der Waals surface area contributed by atoms with E-state index in [9.17, 15) is 19.2 Å². The van der Waals surface area contributed by atoms with E-state index in [-0.39, 0.29) is 87.1 Å². The van der Waals surface area contributed by atoms with E-state index < -0.39 is 12.2 Å². The van der Waals surface area contributed by atoms with Crippen molar-refractivity contribution in [1.29, 1.82) is 0 Å². The Morgan fingerprint density at radius 3 is 1.31 bits per heavy atom. The topological polar surface area (TPSA) is 195 Å². The summed E-state index contributed by atoms with van der Waals surface area (Å²) in [5.74, 6) is -0.568. The van der Waals surface area contributed by atoms with E-state index in [1.165, 1.54) is 24.0 Å². The first-order valence-electron chi connectivity index (χ1n) is 17.6. The van der Waals surface area contributed by atoms with Crippen LogP contribution in [0, 0.1) is 49.4 Å². The number of anilines is 4. The second-order valence-corrected chi connectivity index (χ2v) is 12.8. The molecular weight excluding hydrogens is 840 g/mol. The minimum absolute atomic E-state index is 0. The van der Waals surface area contributed by atoms with Crippen LogP contribution in [0.3, 0.4) is 0 Å². The van der Waals surface area contributed by atoms with Crippen LogP contribution in [-0.4, -0.2) is 74.4 Å². The maximum absolute atomic E-state index is 12.7. The van der Waals surface area contributed by atoms with E-state index in [1.807, 2.05) is 72.8 Å². The first kappa shape index (κ1) is 41.1. The number of nitrogens with two attached hydrogens (primary N) is 2. The molecule has 2 aromatic heterocycles. The Bertz CT molecular complexity index is 2210. The van der Waals surface area contributed by atoms with Crippen LogP contribution in [-0.2, 0) is 19.1 Å². The van der Waals surface area contributed by atoms with Crippen molar-refractivity contribution < 1.29 is 78.0 Å². The number of hydrogen-bond acceptors (Lipinski definition) is 10. The smallest absolute Gasteiger partial charge is 0.452 e. The van der Waals surface area contributed by atoms with E-state index >= 15 is 0 Å². The number of carbonyl (C=O) groups excluding carboxylic acids is 4. The molecule has 0 unspecified atom stereocenters. The number of benzene rings is 4. The number of nitrogens with one attached hydrogen (secondary N) is 2. The molecule has 0 aliphatic rings. The predicted molar refractivity (Wildman–Crippen MR) is 211 cm³/mol. The molecule has 0 radical (unpaired) electrons. The van der Waals surface area contributed by atoms with Crippen molar-refractivity contribution in [2.45, 2.75) is 25.7 Å². The molecule has 15 heteroatoms. The molecule has 0 saturated carbocycles. The summed E-state index contributed by atoms with van der Waals surface area (Å²) in [6, 6.07) is 26.2. The normalized spacial score (nSPS) is 10.9. The molecule has 4 aromatic carbocycles. The quantitative estimate of drug-likeness (QED) is 0.0617.